The van der Waals surface area contributed by atoms with Gasteiger partial charge in [0.05, 0.1) is 30.3 Å². The smallest absolute Gasteiger partial charge is 0.337 e. The van der Waals surface area contributed by atoms with Crippen LogP contribution < -0.4 is 15.5 Å². The molecule has 1 atom stereocenters. The van der Waals surface area contributed by atoms with Crippen LogP contribution in [0, 0.1) is 12.3 Å². The quantitative estimate of drug-likeness (QED) is 0.453. The van der Waals surface area contributed by atoms with Gasteiger partial charge in [-0.15, -0.1) is 0 Å². The summed E-state index contributed by atoms with van der Waals surface area (Å²) >= 11 is 0. The Balaban J connectivity index is 1.60. The third kappa shape index (κ3) is 4.64. The van der Waals surface area contributed by atoms with E-state index in [1.165, 1.54) is 6.26 Å². The Hall–Kier alpha value is -4.13. The van der Waals surface area contributed by atoms with Crippen molar-refractivity contribution in [2.75, 3.05) is 7.11 Å². The van der Waals surface area contributed by atoms with Crippen LogP contribution >= 0.6 is 0 Å². The number of carbonyl (C=O) groups excluding carboxylic acids is 2. The number of benzene rings is 2. The first-order valence-corrected chi connectivity index (χ1v) is 12.6. The predicted octanol–water partition coefficient (Wildman–Crippen LogP) is 5.46. The van der Waals surface area contributed by atoms with Gasteiger partial charge in [-0.3, -0.25) is 9.59 Å². The number of ether oxygens (including phenoxy) is 2. The van der Waals surface area contributed by atoms with E-state index in [9.17, 15) is 14.4 Å². The Kier molecular flexibility index (Phi) is 6.47. The first kappa shape index (κ1) is 25.5. The highest BCUT2D eigenvalue weighted by molar-refractivity contribution is 6.04. The van der Waals surface area contributed by atoms with Crippen molar-refractivity contribution in [1.82, 2.24) is 5.32 Å². The molecule has 0 amide bonds. The zero-order chi connectivity index (χ0) is 27.2. The van der Waals surface area contributed by atoms with Gasteiger partial charge in [0.1, 0.15) is 17.9 Å². The predicted molar refractivity (Wildman–Crippen MR) is 144 cm³/mol. The monoisotopic (exact) mass is 513 g/mol. The Labute approximate surface area is 221 Å². The van der Waals surface area contributed by atoms with Crippen LogP contribution in [0.15, 0.2) is 80.5 Å². The number of dihydropyridines is 1. The highest BCUT2D eigenvalue weighted by atomic mass is 16.5. The molecule has 7 nitrogen and oxygen atoms in total. The van der Waals surface area contributed by atoms with E-state index < -0.39 is 11.9 Å². The molecule has 3 aromatic rings. The maximum Gasteiger partial charge on any atom is 0.337 e. The molecule has 196 valence electrons. The number of Topliss-reactive ketones (excluding diaryl/α,β-unsaturated/α-hetero) is 1. The number of nitrogens with one attached hydrogen (secondary N) is 1. The van der Waals surface area contributed by atoms with Gasteiger partial charge in [0.2, 0.25) is 0 Å². The molecule has 1 aliphatic carbocycles. The van der Waals surface area contributed by atoms with Crippen LogP contribution in [0.3, 0.4) is 0 Å². The van der Waals surface area contributed by atoms with Gasteiger partial charge < -0.3 is 19.2 Å². The van der Waals surface area contributed by atoms with Gasteiger partial charge in [-0.1, -0.05) is 37.6 Å². The van der Waals surface area contributed by atoms with Crippen molar-refractivity contribution in [1.29, 1.82) is 0 Å². The van der Waals surface area contributed by atoms with Crippen LogP contribution in [0.2, 0.25) is 0 Å². The molecular formula is C31H31NO6. The molecule has 2 aliphatic rings. The first-order chi connectivity index (χ1) is 18.1. The SMILES string of the molecule is COc1ccc(COC(=O)C2=C(C)NC3=C(C(=O)CC(C)(C)C3)[C@@H]2c2coc3ccc(C)cc3c2=O)cc1. The van der Waals surface area contributed by atoms with Crippen LogP contribution in [-0.2, 0) is 20.9 Å². The third-order valence-corrected chi connectivity index (χ3v) is 7.25. The standard InChI is InChI=1S/C31H31NO6/c1-17-6-11-25-21(12-17)29(34)22(16-37-25)27-26(30(35)38-15-19-7-9-20(36-5)10-8-19)18(2)32-23-13-31(3,4)14-24(33)28(23)27/h6-12,16,27,32H,13-15H2,1-5H3/t27-/m1/s1. The van der Waals surface area contributed by atoms with Crippen molar-refractivity contribution in [2.45, 2.75) is 53.1 Å². The van der Waals surface area contributed by atoms with Crippen molar-refractivity contribution < 1.29 is 23.5 Å². The van der Waals surface area contributed by atoms with E-state index in [0.717, 1.165) is 16.8 Å². The van der Waals surface area contributed by atoms with Crippen LogP contribution in [-0.4, -0.2) is 18.9 Å². The highest BCUT2D eigenvalue weighted by Gasteiger charge is 2.44. The molecule has 0 saturated carbocycles. The number of allylic oxidation sites excluding steroid dienone is 3. The minimum atomic E-state index is -0.889. The molecular weight excluding hydrogens is 482 g/mol. The third-order valence-electron chi connectivity index (χ3n) is 7.25. The van der Waals surface area contributed by atoms with Crippen molar-refractivity contribution >= 4 is 22.7 Å². The molecule has 5 rings (SSSR count). The van der Waals surface area contributed by atoms with Gasteiger partial charge in [-0.2, -0.15) is 0 Å². The molecule has 1 aliphatic heterocycles. The summed E-state index contributed by atoms with van der Waals surface area (Å²) in [6, 6.07) is 12.6. The van der Waals surface area contributed by atoms with Gasteiger partial charge in [-0.05, 0) is 55.5 Å². The molecule has 0 spiro atoms. The fourth-order valence-corrected chi connectivity index (χ4v) is 5.43. The van der Waals surface area contributed by atoms with Crippen molar-refractivity contribution in [2.24, 2.45) is 5.41 Å². The maximum absolute atomic E-state index is 13.8. The van der Waals surface area contributed by atoms with E-state index in [4.69, 9.17) is 13.9 Å². The number of hydrogen-bond donors (Lipinski definition) is 1. The second-order valence-corrected chi connectivity index (χ2v) is 10.9. The lowest BCUT2D eigenvalue weighted by Gasteiger charge is -2.39. The van der Waals surface area contributed by atoms with Gasteiger partial charge in [0.15, 0.2) is 11.2 Å². The van der Waals surface area contributed by atoms with E-state index in [0.29, 0.717) is 40.8 Å². The van der Waals surface area contributed by atoms with Crippen LogP contribution in [0.1, 0.15) is 56.2 Å². The molecule has 0 saturated heterocycles. The van der Waals surface area contributed by atoms with Crippen molar-refractivity contribution in [3.8, 4) is 5.75 Å². The lowest BCUT2D eigenvalue weighted by Crippen LogP contribution is -2.39. The number of aryl methyl sites for hydroxylation is 1. The minimum absolute atomic E-state index is 0.0325. The number of rotatable bonds is 5. The number of methoxy groups -OCH3 is 1. The average Bonchev–Trinajstić information content (AvgIpc) is 2.86. The molecule has 0 bridgehead atoms. The molecule has 0 radical (unpaired) electrons. The number of hydrogen-bond acceptors (Lipinski definition) is 7. The topological polar surface area (TPSA) is 94.8 Å². The second kappa shape index (κ2) is 9.63. The summed E-state index contributed by atoms with van der Waals surface area (Å²) in [6.45, 7) is 7.78. The van der Waals surface area contributed by atoms with E-state index in [-0.39, 0.29) is 34.4 Å². The molecule has 2 heterocycles. The van der Waals surface area contributed by atoms with Crippen LogP contribution in [0.4, 0.5) is 0 Å². The van der Waals surface area contributed by atoms with Gasteiger partial charge >= 0.3 is 5.97 Å². The zero-order valence-electron chi connectivity index (χ0n) is 22.3. The van der Waals surface area contributed by atoms with Crippen molar-refractivity contribution in [3.05, 3.63) is 98.2 Å². The van der Waals surface area contributed by atoms with Crippen LogP contribution in [0.5, 0.6) is 5.75 Å². The van der Waals surface area contributed by atoms with E-state index in [1.807, 2.05) is 39.0 Å². The largest absolute Gasteiger partial charge is 0.497 e. The van der Waals surface area contributed by atoms with Crippen molar-refractivity contribution in [3.63, 3.8) is 0 Å². The Morgan fingerprint density at radius 2 is 1.82 bits per heavy atom. The maximum atomic E-state index is 13.8. The fourth-order valence-electron chi connectivity index (χ4n) is 5.43. The summed E-state index contributed by atoms with van der Waals surface area (Å²) in [5.74, 6) is -0.875. The number of carbonyl (C=O) groups is 2. The fraction of sp³-hybridized carbons (Fsp3) is 0.323. The number of ketones is 1. The molecule has 0 unspecified atom stereocenters. The summed E-state index contributed by atoms with van der Waals surface area (Å²) in [4.78, 5) is 41.0. The summed E-state index contributed by atoms with van der Waals surface area (Å²) < 4.78 is 16.8. The lowest BCUT2D eigenvalue weighted by molar-refractivity contribution is -0.140. The summed E-state index contributed by atoms with van der Waals surface area (Å²) in [5.41, 5.74) is 3.86. The highest BCUT2D eigenvalue weighted by Crippen LogP contribution is 2.46. The number of fused-ring (bicyclic) bond motifs is 1. The Morgan fingerprint density at radius 1 is 1.08 bits per heavy atom. The zero-order valence-corrected chi connectivity index (χ0v) is 22.3. The van der Waals surface area contributed by atoms with E-state index >= 15 is 0 Å². The Morgan fingerprint density at radius 3 is 2.53 bits per heavy atom. The minimum Gasteiger partial charge on any atom is -0.497 e. The second-order valence-electron chi connectivity index (χ2n) is 10.9. The van der Waals surface area contributed by atoms with Gasteiger partial charge in [0, 0.05) is 29.0 Å². The average molecular weight is 514 g/mol. The Bertz CT molecular complexity index is 1570. The van der Waals surface area contributed by atoms with E-state index in [2.05, 4.69) is 5.32 Å². The molecule has 1 aromatic heterocycles. The lowest BCUT2D eigenvalue weighted by atomic mass is 9.68. The first-order valence-electron chi connectivity index (χ1n) is 12.6. The van der Waals surface area contributed by atoms with Gasteiger partial charge in [0.25, 0.3) is 0 Å². The number of esters is 1. The van der Waals surface area contributed by atoms with Gasteiger partial charge in [-0.25, -0.2) is 4.79 Å². The van der Waals surface area contributed by atoms with E-state index in [1.54, 1.807) is 38.3 Å². The molecule has 0 fully saturated rings. The summed E-state index contributed by atoms with van der Waals surface area (Å²) in [7, 11) is 1.59. The summed E-state index contributed by atoms with van der Waals surface area (Å²) in [5, 5.41) is 3.71. The normalized spacial score (nSPS) is 18.8. The molecule has 1 N–H and O–H groups in total. The molecule has 38 heavy (non-hydrogen) atoms. The molecule has 2 aromatic carbocycles. The summed E-state index contributed by atoms with van der Waals surface area (Å²) in [6.07, 6.45) is 2.32. The van der Waals surface area contributed by atoms with Crippen LogP contribution in [0.25, 0.3) is 11.0 Å². The molecule has 7 heteroatoms.